The molecule has 1 unspecified atom stereocenters. The maximum Gasteiger partial charge on any atom is 0.221 e. The van der Waals surface area contributed by atoms with Crippen LogP contribution < -0.4 is 15.4 Å². The molecule has 126 valence electrons. The molecule has 3 rings (SSSR count). The fourth-order valence-corrected chi connectivity index (χ4v) is 2.61. The lowest BCUT2D eigenvalue weighted by Gasteiger charge is -2.23. The van der Waals surface area contributed by atoms with Gasteiger partial charge in [0, 0.05) is 31.1 Å². The number of carbonyl (C=O) groups is 1. The van der Waals surface area contributed by atoms with Gasteiger partial charge in [-0.15, -0.1) is 0 Å². The number of nitrogens with one attached hydrogen (secondary N) is 2. The lowest BCUT2D eigenvalue weighted by molar-refractivity contribution is -0.122. The second-order valence-electron chi connectivity index (χ2n) is 5.73. The molecule has 2 N–H and O–H groups in total. The Bertz CT molecular complexity index is 655. The van der Waals surface area contributed by atoms with Crippen molar-refractivity contribution in [1.82, 2.24) is 10.6 Å². The Balaban J connectivity index is 1.55. The van der Waals surface area contributed by atoms with Crippen molar-refractivity contribution in [3.05, 3.63) is 60.2 Å². The fraction of sp³-hybridized carbons (Fsp3) is 0.316. The summed E-state index contributed by atoms with van der Waals surface area (Å²) in [5, 5.41) is 6.24. The molecule has 1 fully saturated rings. The minimum atomic E-state index is 0.00696. The van der Waals surface area contributed by atoms with Crippen LogP contribution in [0, 0.1) is 0 Å². The molecule has 5 nitrogen and oxygen atoms in total. The third-order valence-electron chi connectivity index (χ3n) is 3.85. The van der Waals surface area contributed by atoms with E-state index in [-0.39, 0.29) is 11.9 Å². The lowest BCUT2D eigenvalue weighted by atomic mass is 10.1. The topological polar surface area (TPSA) is 59.6 Å². The maximum absolute atomic E-state index is 12.1. The van der Waals surface area contributed by atoms with Crippen molar-refractivity contribution in [1.29, 1.82) is 0 Å². The molecule has 1 aliphatic heterocycles. The molecule has 2 aromatic carbocycles. The Kier molecular flexibility index (Phi) is 5.82. The molecule has 2 aromatic rings. The number of hydrogen-bond acceptors (Lipinski definition) is 4. The van der Waals surface area contributed by atoms with Crippen molar-refractivity contribution in [2.75, 3.05) is 19.8 Å². The molecule has 1 atom stereocenters. The monoisotopic (exact) mass is 326 g/mol. The van der Waals surface area contributed by atoms with Crippen LogP contribution in [0.25, 0.3) is 0 Å². The minimum Gasteiger partial charge on any atom is -0.457 e. The highest BCUT2D eigenvalue weighted by molar-refractivity contribution is 5.76. The van der Waals surface area contributed by atoms with Crippen LogP contribution in [0.4, 0.5) is 0 Å². The van der Waals surface area contributed by atoms with Crippen molar-refractivity contribution >= 4 is 5.91 Å². The van der Waals surface area contributed by atoms with Crippen molar-refractivity contribution < 1.29 is 14.3 Å². The van der Waals surface area contributed by atoms with E-state index >= 15 is 0 Å². The molecule has 24 heavy (non-hydrogen) atoms. The van der Waals surface area contributed by atoms with E-state index < -0.39 is 0 Å². The average Bonchev–Trinajstić information content (AvgIpc) is 2.63. The molecule has 0 radical (unpaired) electrons. The predicted octanol–water partition coefficient (Wildman–Crippen LogP) is 2.47. The number of hydrogen-bond donors (Lipinski definition) is 2. The second kappa shape index (κ2) is 8.47. The highest BCUT2D eigenvalue weighted by atomic mass is 16.5. The van der Waals surface area contributed by atoms with Gasteiger partial charge < -0.3 is 20.1 Å². The Hall–Kier alpha value is -2.37. The van der Waals surface area contributed by atoms with Crippen LogP contribution in [-0.2, 0) is 16.1 Å². The van der Waals surface area contributed by atoms with Crippen LogP contribution in [0.1, 0.15) is 12.0 Å². The summed E-state index contributed by atoms with van der Waals surface area (Å²) < 4.78 is 11.3. The highest BCUT2D eigenvalue weighted by Gasteiger charge is 2.17. The Labute approximate surface area is 142 Å². The van der Waals surface area contributed by atoms with Crippen LogP contribution in [0.2, 0.25) is 0 Å². The summed E-state index contributed by atoms with van der Waals surface area (Å²) in [6, 6.07) is 17.4. The van der Waals surface area contributed by atoms with E-state index in [1.807, 2.05) is 54.6 Å². The standard InChI is InChI=1S/C19H22N2O3/c22-19(12-16-14-23-11-10-20-16)21-13-15-6-4-5-9-18(15)24-17-7-2-1-3-8-17/h1-9,16,20H,10-14H2,(H,21,22). The van der Waals surface area contributed by atoms with Crippen molar-refractivity contribution in [2.45, 2.75) is 19.0 Å². The fourth-order valence-electron chi connectivity index (χ4n) is 2.61. The van der Waals surface area contributed by atoms with Crippen molar-refractivity contribution in [3.63, 3.8) is 0 Å². The van der Waals surface area contributed by atoms with Gasteiger partial charge in [-0.05, 0) is 18.2 Å². The van der Waals surface area contributed by atoms with Crippen LogP contribution in [0.3, 0.4) is 0 Å². The molecule has 0 aliphatic carbocycles. The first-order valence-electron chi connectivity index (χ1n) is 8.20. The molecule has 5 heteroatoms. The van der Waals surface area contributed by atoms with Crippen LogP contribution in [0.5, 0.6) is 11.5 Å². The number of carbonyl (C=O) groups excluding carboxylic acids is 1. The Morgan fingerprint density at radius 3 is 2.75 bits per heavy atom. The molecule has 0 bridgehead atoms. The first-order valence-corrected chi connectivity index (χ1v) is 8.20. The smallest absolute Gasteiger partial charge is 0.221 e. The first-order chi connectivity index (χ1) is 11.8. The summed E-state index contributed by atoms with van der Waals surface area (Å²) in [5.41, 5.74) is 0.947. The summed E-state index contributed by atoms with van der Waals surface area (Å²) >= 11 is 0. The number of rotatable bonds is 6. The van der Waals surface area contributed by atoms with Gasteiger partial charge in [0.2, 0.25) is 5.91 Å². The van der Waals surface area contributed by atoms with E-state index in [0.717, 1.165) is 23.6 Å². The number of morpholine rings is 1. The average molecular weight is 326 g/mol. The summed E-state index contributed by atoms with van der Waals surface area (Å²) in [5.74, 6) is 1.54. The first kappa shape index (κ1) is 16.5. The third-order valence-corrected chi connectivity index (χ3v) is 3.85. The zero-order valence-corrected chi connectivity index (χ0v) is 13.5. The van der Waals surface area contributed by atoms with E-state index in [4.69, 9.17) is 9.47 Å². The largest absolute Gasteiger partial charge is 0.457 e. The molecule has 1 aliphatic rings. The minimum absolute atomic E-state index is 0.00696. The number of ether oxygens (including phenoxy) is 2. The van der Waals surface area contributed by atoms with Crippen LogP contribution in [0.15, 0.2) is 54.6 Å². The molecule has 1 amide bonds. The van der Waals surface area contributed by atoms with Gasteiger partial charge in [0.05, 0.1) is 13.2 Å². The molecule has 1 saturated heterocycles. The van der Waals surface area contributed by atoms with Gasteiger partial charge in [0.15, 0.2) is 0 Å². The maximum atomic E-state index is 12.1. The molecule has 0 saturated carbocycles. The van der Waals surface area contributed by atoms with Crippen molar-refractivity contribution in [3.8, 4) is 11.5 Å². The normalized spacial score (nSPS) is 17.2. The summed E-state index contributed by atoms with van der Waals surface area (Å²) in [7, 11) is 0. The van der Waals surface area contributed by atoms with E-state index in [2.05, 4.69) is 10.6 Å². The predicted molar refractivity (Wildman–Crippen MR) is 92.0 cm³/mol. The summed E-state index contributed by atoms with van der Waals surface area (Å²) in [4.78, 5) is 12.1. The van der Waals surface area contributed by atoms with E-state index in [9.17, 15) is 4.79 Å². The van der Waals surface area contributed by atoms with Gasteiger partial charge in [0.1, 0.15) is 11.5 Å². The molecular weight excluding hydrogens is 304 g/mol. The molecular formula is C19H22N2O3. The van der Waals surface area contributed by atoms with E-state index in [1.54, 1.807) is 0 Å². The quantitative estimate of drug-likeness (QED) is 0.856. The summed E-state index contributed by atoms with van der Waals surface area (Å²) in [6.45, 7) is 2.53. The lowest BCUT2D eigenvalue weighted by Crippen LogP contribution is -2.44. The summed E-state index contributed by atoms with van der Waals surface area (Å²) in [6.07, 6.45) is 0.418. The van der Waals surface area contributed by atoms with Gasteiger partial charge in [-0.2, -0.15) is 0 Å². The van der Waals surface area contributed by atoms with Crippen LogP contribution in [-0.4, -0.2) is 31.7 Å². The molecule has 0 aromatic heterocycles. The number of amides is 1. The highest BCUT2D eigenvalue weighted by Crippen LogP contribution is 2.24. The number of para-hydroxylation sites is 2. The zero-order valence-electron chi connectivity index (χ0n) is 13.5. The number of benzene rings is 2. The zero-order chi connectivity index (χ0) is 16.6. The van der Waals surface area contributed by atoms with Gasteiger partial charge in [0.25, 0.3) is 0 Å². The van der Waals surface area contributed by atoms with Gasteiger partial charge in [-0.25, -0.2) is 0 Å². The Morgan fingerprint density at radius 1 is 1.17 bits per heavy atom. The molecule has 0 spiro atoms. The van der Waals surface area contributed by atoms with E-state index in [1.165, 1.54) is 0 Å². The van der Waals surface area contributed by atoms with Gasteiger partial charge in [-0.1, -0.05) is 36.4 Å². The Morgan fingerprint density at radius 2 is 1.96 bits per heavy atom. The molecule has 1 heterocycles. The van der Waals surface area contributed by atoms with E-state index in [0.29, 0.717) is 26.2 Å². The van der Waals surface area contributed by atoms with Gasteiger partial charge >= 0.3 is 0 Å². The van der Waals surface area contributed by atoms with Crippen LogP contribution >= 0.6 is 0 Å². The van der Waals surface area contributed by atoms with Gasteiger partial charge in [-0.3, -0.25) is 4.79 Å². The second-order valence-corrected chi connectivity index (χ2v) is 5.73. The third kappa shape index (κ3) is 4.81. The van der Waals surface area contributed by atoms with Crippen molar-refractivity contribution in [2.24, 2.45) is 0 Å². The SMILES string of the molecule is O=C(CC1COCCN1)NCc1ccccc1Oc1ccccc1.